The van der Waals surface area contributed by atoms with E-state index in [0.29, 0.717) is 19.8 Å². The van der Waals surface area contributed by atoms with Gasteiger partial charge in [0.2, 0.25) is 0 Å². The van der Waals surface area contributed by atoms with Gasteiger partial charge in [-0.2, -0.15) is 0 Å². The smallest absolute Gasteiger partial charge is 0.323 e. The number of hydrogen-bond acceptors (Lipinski definition) is 4. The van der Waals surface area contributed by atoms with Gasteiger partial charge >= 0.3 is 5.97 Å². The van der Waals surface area contributed by atoms with Crippen molar-refractivity contribution in [3.05, 3.63) is 0 Å². The van der Waals surface area contributed by atoms with Gasteiger partial charge in [-0.15, -0.1) is 0 Å². The molecule has 2 unspecified atom stereocenters. The number of methoxy groups -OCH3 is 1. The van der Waals surface area contributed by atoms with E-state index in [9.17, 15) is 4.79 Å². The summed E-state index contributed by atoms with van der Waals surface area (Å²) < 4.78 is 10.2. The maximum absolute atomic E-state index is 10.9. The monoisotopic (exact) mass is 203 g/mol. The molecule has 1 saturated heterocycles. The Labute approximate surface area is 83.4 Å². The zero-order chi connectivity index (χ0) is 10.4. The summed E-state index contributed by atoms with van der Waals surface area (Å²) in [7, 11) is 1.59. The average Bonchev–Trinajstić information content (AvgIpc) is 2.64. The molecule has 0 amide bonds. The second kappa shape index (κ2) is 5.95. The Balaban J connectivity index is 2.34. The van der Waals surface area contributed by atoms with Gasteiger partial charge in [0.25, 0.3) is 0 Å². The number of carboxylic acids is 1. The lowest BCUT2D eigenvalue weighted by atomic mass is 10.1. The van der Waals surface area contributed by atoms with Gasteiger partial charge in [-0.3, -0.25) is 10.1 Å². The Morgan fingerprint density at radius 3 is 3.07 bits per heavy atom. The highest BCUT2D eigenvalue weighted by molar-refractivity contribution is 5.74. The Morgan fingerprint density at radius 2 is 2.57 bits per heavy atom. The normalized spacial score (nSPS) is 23.6. The van der Waals surface area contributed by atoms with Crippen molar-refractivity contribution < 1.29 is 19.4 Å². The van der Waals surface area contributed by atoms with Crippen LogP contribution in [0.5, 0.6) is 0 Å². The molecule has 5 heteroatoms. The molecule has 0 radical (unpaired) electrons. The summed E-state index contributed by atoms with van der Waals surface area (Å²) in [5.41, 5.74) is 0. The van der Waals surface area contributed by atoms with E-state index in [4.69, 9.17) is 14.6 Å². The van der Waals surface area contributed by atoms with Crippen LogP contribution in [0.3, 0.4) is 0 Å². The second-order valence-electron chi connectivity index (χ2n) is 3.31. The molecule has 14 heavy (non-hydrogen) atoms. The van der Waals surface area contributed by atoms with Gasteiger partial charge in [0.05, 0.1) is 12.7 Å². The van der Waals surface area contributed by atoms with Crippen molar-refractivity contribution in [3.63, 3.8) is 0 Å². The number of nitrogens with one attached hydrogen (secondary N) is 1. The number of ether oxygens (including phenoxy) is 2. The molecule has 0 bridgehead atoms. The van der Waals surface area contributed by atoms with Gasteiger partial charge < -0.3 is 14.6 Å². The van der Waals surface area contributed by atoms with Crippen molar-refractivity contribution in [2.45, 2.75) is 25.0 Å². The first-order valence-electron chi connectivity index (χ1n) is 4.82. The van der Waals surface area contributed by atoms with E-state index in [1.54, 1.807) is 7.11 Å². The van der Waals surface area contributed by atoms with Gasteiger partial charge in [-0.05, 0) is 12.8 Å². The third-order valence-electron chi connectivity index (χ3n) is 2.27. The van der Waals surface area contributed by atoms with Crippen LogP contribution in [0.15, 0.2) is 0 Å². The van der Waals surface area contributed by atoms with Crippen LogP contribution < -0.4 is 5.32 Å². The Bertz CT molecular complexity index is 180. The Kier molecular flexibility index (Phi) is 4.86. The SMILES string of the molecule is COCCNC(C(=O)O)C1CCCO1. The molecule has 1 aliphatic heterocycles. The molecule has 1 heterocycles. The van der Waals surface area contributed by atoms with E-state index in [0.717, 1.165) is 12.8 Å². The first kappa shape index (κ1) is 11.4. The maximum atomic E-state index is 10.9. The highest BCUT2D eigenvalue weighted by atomic mass is 16.5. The molecule has 5 nitrogen and oxygen atoms in total. The minimum Gasteiger partial charge on any atom is -0.480 e. The fourth-order valence-corrected chi connectivity index (χ4v) is 1.56. The quantitative estimate of drug-likeness (QED) is 0.588. The van der Waals surface area contributed by atoms with Crippen molar-refractivity contribution in [3.8, 4) is 0 Å². The number of carbonyl (C=O) groups is 1. The van der Waals surface area contributed by atoms with Crippen LogP contribution in [0.1, 0.15) is 12.8 Å². The molecule has 0 aliphatic carbocycles. The average molecular weight is 203 g/mol. The summed E-state index contributed by atoms with van der Waals surface area (Å²) in [6.45, 7) is 1.71. The van der Waals surface area contributed by atoms with Crippen molar-refractivity contribution in [1.82, 2.24) is 5.32 Å². The Morgan fingerprint density at radius 1 is 1.79 bits per heavy atom. The zero-order valence-electron chi connectivity index (χ0n) is 8.36. The summed E-state index contributed by atoms with van der Waals surface area (Å²) in [4.78, 5) is 10.9. The van der Waals surface area contributed by atoms with Crippen LogP contribution in [0.2, 0.25) is 0 Å². The molecular weight excluding hydrogens is 186 g/mol. The molecule has 1 aliphatic rings. The number of rotatable bonds is 6. The maximum Gasteiger partial charge on any atom is 0.323 e. The van der Waals surface area contributed by atoms with E-state index in [1.807, 2.05) is 0 Å². The minimum atomic E-state index is -0.854. The van der Waals surface area contributed by atoms with Crippen molar-refractivity contribution >= 4 is 5.97 Å². The van der Waals surface area contributed by atoms with Gasteiger partial charge in [-0.1, -0.05) is 0 Å². The zero-order valence-corrected chi connectivity index (χ0v) is 8.36. The second-order valence-corrected chi connectivity index (χ2v) is 3.31. The van der Waals surface area contributed by atoms with Crippen LogP contribution in [-0.2, 0) is 14.3 Å². The molecule has 1 fully saturated rings. The summed E-state index contributed by atoms with van der Waals surface area (Å²) in [5, 5.41) is 11.9. The van der Waals surface area contributed by atoms with Crippen molar-refractivity contribution in [2.24, 2.45) is 0 Å². The molecule has 0 spiro atoms. The third-order valence-corrected chi connectivity index (χ3v) is 2.27. The highest BCUT2D eigenvalue weighted by Crippen LogP contribution is 2.15. The molecule has 1 rings (SSSR count). The standard InChI is InChI=1S/C9H17NO4/c1-13-6-4-10-8(9(11)12)7-3-2-5-14-7/h7-8,10H,2-6H2,1H3,(H,11,12). The molecular formula is C9H17NO4. The van der Waals surface area contributed by atoms with E-state index in [-0.39, 0.29) is 6.10 Å². The van der Waals surface area contributed by atoms with E-state index >= 15 is 0 Å². The minimum absolute atomic E-state index is 0.190. The summed E-state index contributed by atoms with van der Waals surface area (Å²) in [6, 6.07) is -0.604. The van der Waals surface area contributed by atoms with Crippen LogP contribution in [-0.4, -0.2) is 50.1 Å². The van der Waals surface area contributed by atoms with Gasteiger partial charge in [0.1, 0.15) is 6.04 Å². The summed E-state index contributed by atoms with van der Waals surface area (Å²) in [5.74, 6) is -0.854. The predicted octanol–water partition coefficient (Wildman–Crippen LogP) is -0.145. The molecule has 0 aromatic carbocycles. The predicted molar refractivity (Wildman–Crippen MR) is 50.3 cm³/mol. The van der Waals surface area contributed by atoms with E-state index < -0.39 is 12.0 Å². The lowest BCUT2D eigenvalue weighted by Crippen LogP contribution is -2.46. The topological polar surface area (TPSA) is 67.8 Å². The first-order valence-corrected chi connectivity index (χ1v) is 4.82. The van der Waals surface area contributed by atoms with Crippen molar-refractivity contribution in [2.75, 3.05) is 26.9 Å². The highest BCUT2D eigenvalue weighted by Gasteiger charge is 2.30. The summed E-state index contributed by atoms with van der Waals surface area (Å²) in [6.07, 6.45) is 1.57. The summed E-state index contributed by atoms with van der Waals surface area (Å²) >= 11 is 0. The first-order chi connectivity index (χ1) is 6.75. The van der Waals surface area contributed by atoms with Crippen LogP contribution in [0.25, 0.3) is 0 Å². The van der Waals surface area contributed by atoms with Crippen LogP contribution in [0.4, 0.5) is 0 Å². The number of aliphatic carboxylic acids is 1. The fourth-order valence-electron chi connectivity index (χ4n) is 1.56. The largest absolute Gasteiger partial charge is 0.480 e. The number of hydrogen-bond donors (Lipinski definition) is 2. The molecule has 0 aromatic heterocycles. The third kappa shape index (κ3) is 3.25. The van der Waals surface area contributed by atoms with Gasteiger partial charge in [0.15, 0.2) is 0 Å². The van der Waals surface area contributed by atoms with Crippen molar-refractivity contribution in [1.29, 1.82) is 0 Å². The molecule has 0 saturated carbocycles. The lowest BCUT2D eigenvalue weighted by molar-refractivity contribution is -0.142. The van der Waals surface area contributed by atoms with Crippen LogP contribution in [0, 0.1) is 0 Å². The van der Waals surface area contributed by atoms with E-state index in [2.05, 4.69) is 5.32 Å². The molecule has 2 atom stereocenters. The number of carboxylic acid groups (broad SMARTS) is 1. The molecule has 82 valence electrons. The van der Waals surface area contributed by atoms with Gasteiger partial charge in [-0.25, -0.2) is 0 Å². The van der Waals surface area contributed by atoms with E-state index in [1.165, 1.54) is 0 Å². The Hall–Kier alpha value is -0.650. The fraction of sp³-hybridized carbons (Fsp3) is 0.889. The van der Waals surface area contributed by atoms with Gasteiger partial charge in [0, 0.05) is 20.3 Å². The van der Waals surface area contributed by atoms with Crippen LogP contribution >= 0.6 is 0 Å². The molecule has 2 N–H and O–H groups in total. The molecule has 0 aromatic rings. The lowest BCUT2D eigenvalue weighted by Gasteiger charge is -2.19.